The lowest BCUT2D eigenvalue weighted by Crippen LogP contribution is -1.85. The van der Waals surface area contributed by atoms with Gasteiger partial charge in [0, 0.05) is 5.33 Å². The zero-order valence-electron chi connectivity index (χ0n) is 12.1. The van der Waals surface area contributed by atoms with Gasteiger partial charge in [0.1, 0.15) is 11.5 Å². The van der Waals surface area contributed by atoms with Crippen LogP contribution in [0.4, 0.5) is 0 Å². The first-order valence-corrected chi connectivity index (χ1v) is 8.08. The minimum Gasteiger partial charge on any atom is -0.495 e. The molecule has 0 heterocycles. The first kappa shape index (κ1) is 18.1. The van der Waals surface area contributed by atoms with Gasteiger partial charge in [-0.3, -0.25) is 0 Å². The lowest BCUT2D eigenvalue weighted by atomic mass is 10.2. The number of benzene rings is 2. The van der Waals surface area contributed by atoms with Crippen LogP contribution in [0.25, 0.3) is 0 Å². The molecule has 21 heavy (non-hydrogen) atoms. The van der Waals surface area contributed by atoms with Gasteiger partial charge in [0.15, 0.2) is 0 Å². The standard InChI is InChI=1S/C8H8BrClO.C8H9ClO/c1-11-8-4-6(5-9)2-3-7(8)10;1-6-3-4-7(9)8(5-6)10-2/h2-4H,5H2,1H3;3-5H,1-2H3. The van der Waals surface area contributed by atoms with Crippen LogP contribution in [0, 0.1) is 6.92 Å². The molecule has 114 valence electrons. The molecular formula is C16H17BrCl2O2. The predicted octanol–water partition coefficient (Wildman–Crippen LogP) is 5.90. The largest absolute Gasteiger partial charge is 0.495 e. The summed E-state index contributed by atoms with van der Waals surface area (Å²) >= 11 is 14.9. The van der Waals surface area contributed by atoms with E-state index in [9.17, 15) is 0 Å². The first-order valence-electron chi connectivity index (χ1n) is 6.20. The van der Waals surface area contributed by atoms with Crippen molar-refractivity contribution in [2.24, 2.45) is 0 Å². The summed E-state index contributed by atoms with van der Waals surface area (Å²) in [6, 6.07) is 11.4. The Morgan fingerprint density at radius 2 is 1.43 bits per heavy atom. The van der Waals surface area contributed by atoms with E-state index in [1.807, 2.05) is 43.3 Å². The summed E-state index contributed by atoms with van der Waals surface area (Å²) < 4.78 is 10.0. The molecule has 0 unspecified atom stereocenters. The van der Waals surface area contributed by atoms with Gasteiger partial charge in [-0.05, 0) is 42.3 Å². The van der Waals surface area contributed by atoms with Gasteiger partial charge >= 0.3 is 0 Å². The summed E-state index contributed by atoms with van der Waals surface area (Å²) in [5, 5.41) is 2.13. The summed E-state index contributed by atoms with van der Waals surface area (Å²) in [5.74, 6) is 1.46. The highest BCUT2D eigenvalue weighted by molar-refractivity contribution is 9.08. The van der Waals surface area contributed by atoms with Gasteiger partial charge < -0.3 is 9.47 Å². The Morgan fingerprint density at radius 3 is 1.90 bits per heavy atom. The predicted molar refractivity (Wildman–Crippen MR) is 93.4 cm³/mol. The Kier molecular flexibility index (Phi) is 7.94. The van der Waals surface area contributed by atoms with Crippen molar-refractivity contribution in [3.05, 3.63) is 57.6 Å². The monoisotopic (exact) mass is 390 g/mol. The molecule has 0 radical (unpaired) electrons. The number of aryl methyl sites for hydroxylation is 1. The second-order valence-corrected chi connectivity index (χ2v) is 5.62. The summed E-state index contributed by atoms with van der Waals surface area (Å²) in [5.41, 5.74) is 2.31. The SMILES string of the molecule is COc1cc(C)ccc1Cl.COc1cc(CBr)ccc1Cl. The Hall–Kier alpha value is -0.900. The molecule has 0 bridgehead atoms. The van der Waals surface area contributed by atoms with Crippen molar-refractivity contribution in [1.82, 2.24) is 0 Å². The van der Waals surface area contributed by atoms with Crippen LogP contribution in [0.5, 0.6) is 11.5 Å². The molecule has 0 saturated heterocycles. The van der Waals surface area contributed by atoms with Crippen molar-refractivity contribution < 1.29 is 9.47 Å². The van der Waals surface area contributed by atoms with Crippen LogP contribution in [-0.2, 0) is 5.33 Å². The number of halogens is 3. The molecule has 0 aliphatic heterocycles. The van der Waals surface area contributed by atoms with Crippen LogP contribution in [0.2, 0.25) is 10.0 Å². The van der Waals surface area contributed by atoms with Crippen LogP contribution in [0.1, 0.15) is 11.1 Å². The number of methoxy groups -OCH3 is 2. The number of alkyl halides is 1. The Balaban J connectivity index is 0.000000211. The van der Waals surface area contributed by atoms with Crippen LogP contribution < -0.4 is 9.47 Å². The van der Waals surface area contributed by atoms with Crippen molar-refractivity contribution in [2.45, 2.75) is 12.3 Å². The molecule has 0 saturated carbocycles. The highest BCUT2D eigenvalue weighted by Gasteiger charge is 1.99. The molecule has 0 aliphatic carbocycles. The third-order valence-corrected chi connectivity index (χ3v) is 3.95. The molecule has 2 aromatic rings. The molecule has 2 nitrogen and oxygen atoms in total. The second-order valence-electron chi connectivity index (χ2n) is 4.24. The van der Waals surface area contributed by atoms with Crippen LogP contribution in [0.15, 0.2) is 36.4 Å². The molecule has 5 heteroatoms. The van der Waals surface area contributed by atoms with Gasteiger partial charge in [-0.2, -0.15) is 0 Å². The zero-order chi connectivity index (χ0) is 15.8. The minimum absolute atomic E-state index is 0.650. The Morgan fingerprint density at radius 1 is 0.905 bits per heavy atom. The molecule has 0 aromatic heterocycles. The van der Waals surface area contributed by atoms with Gasteiger partial charge in [0.2, 0.25) is 0 Å². The van der Waals surface area contributed by atoms with E-state index in [2.05, 4.69) is 15.9 Å². The molecule has 0 aliphatic rings. The number of rotatable bonds is 3. The fraction of sp³-hybridized carbons (Fsp3) is 0.250. The van der Waals surface area contributed by atoms with Crippen molar-refractivity contribution in [2.75, 3.05) is 14.2 Å². The summed E-state index contributed by atoms with van der Waals surface area (Å²) in [4.78, 5) is 0. The van der Waals surface area contributed by atoms with E-state index in [0.29, 0.717) is 10.0 Å². The third kappa shape index (κ3) is 5.77. The molecule has 0 spiro atoms. The fourth-order valence-corrected chi connectivity index (χ4v) is 2.29. The van der Waals surface area contributed by atoms with E-state index < -0.39 is 0 Å². The number of hydrogen-bond acceptors (Lipinski definition) is 2. The highest BCUT2D eigenvalue weighted by atomic mass is 79.9. The topological polar surface area (TPSA) is 18.5 Å². The van der Waals surface area contributed by atoms with Crippen molar-refractivity contribution >= 4 is 39.1 Å². The van der Waals surface area contributed by atoms with Crippen LogP contribution in [0.3, 0.4) is 0 Å². The van der Waals surface area contributed by atoms with Crippen molar-refractivity contribution in [1.29, 1.82) is 0 Å². The van der Waals surface area contributed by atoms with E-state index >= 15 is 0 Å². The van der Waals surface area contributed by atoms with Crippen molar-refractivity contribution in [3.8, 4) is 11.5 Å². The maximum atomic E-state index is 5.81. The number of hydrogen-bond donors (Lipinski definition) is 0. The summed E-state index contributed by atoms with van der Waals surface area (Å²) in [6.45, 7) is 2.00. The maximum Gasteiger partial charge on any atom is 0.137 e. The third-order valence-electron chi connectivity index (χ3n) is 2.68. The van der Waals surface area contributed by atoms with Gasteiger partial charge in [-0.25, -0.2) is 0 Å². The molecule has 0 N–H and O–H groups in total. The van der Waals surface area contributed by atoms with Crippen LogP contribution in [-0.4, -0.2) is 14.2 Å². The first-order chi connectivity index (χ1) is 10.0. The van der Waals surface area contributed by atoms with E-state index in [1.165, 1.54) is 0 Å². The molecule has 2 aromatic carbocycles. The second kappa shape index (κ2) is 9.19. The normalized spacial score (nSPS) is 9.62. The average molecular weight is 392 g/mol. The molecule has 0 amide bonds. The molecule has 0 atom stereocenters. The van der Waals surface area contributed by atoms with E-state index in [1.54, 1.807) is 14.2 Å². The lowest BCUT2D eigenvalue weighted by Gasteiger charge is -2.03. The van der Waals surface area contributed by atoms with Gasteiger partial charge in [-0.15, -0.1) is 0 Å². The smallest absolute Gasteiger partial charge is 0.137 e. The zero-order valence-corrected chi connectivity index (χ0v) is 15.2. The van der Waals surface area contributed by atoms with Gasteiger partial charge in [0.25, 0.3) is 0 Å². The van der Waals surface area contributed by atoms with Crippen molar-refractivity contribution in [3.63, 3.8) is 0 Å². The summed E-state index contributed by atoms with van der Waals surface area (Å²) in [6.07, 6.45) is 0. The maximum absolute atomic E-state index is 5.81. The quantitative estimate of drug-likeness (QED) is 0.606. The summed E-state index contributed by atoms with van der Waals surface area (Å²) in [7, 11) is 3.22. The van der Waals surface area contributed by atoms with E-state index in [4.69, 9.17) is 32.7 Å². The average Bonchev–Trinajstić information content (AvgIpc) is 2.51. The van der Waals surface area contributed by atoms with Gasteiger partial charge in [0.05, 0.1) is 24.3 Å². The fourth-order valence-electron chi connectivity index (χ4n) is 1.55. The molecule has 0 fully saturated rings. The lowest BCUT2D eigenvalue weighted by molar-refractivity contribution is 0.414. The Labute approximate surface area is 144 Å². The van der Waals surface area contributed by atoms with Crippen LogP contribution >= 0.6 is 39.1 Å². The van der Waals surface area contributed by atoms with E-state index in [-0.39, 0.29) is 0 Å². The van der Waals surface area contributed by atoms with Gasteiger partial charge in [-0.1, -0.05) is 51.3 Å². The number of ether oxygens (including phenoxy) is 2. The minimum atomic E-state index is 0.650. The molecule has 2 rings (SSSR count). The Bertz CT molecular complexity index is 588. The van der Waals surface area contributed by atoms with E-state index in [0.717, 1.165) is 28.0 Å². The highest BCUT2D eigenvalue weighted by Crippen LogP contribution is 2.26. The molecular weight excluding hydrogens is 375 g/mol.